The molecule has 1 aromatic carbocycles. The third kappa shape index (κ3) is 4.75. The number of benzene rings is 1. The highest BCUT2D eigenvalue weighted by molar-refractivity contribution is 5.92. The summed E-state index contributed by atoms with van der Waals surface area (Å²) in [5, 5.41) is 0. The van der Waals surface area contributed by atoms with Gasteiger partial charge in [0.25, 0.3) is 0 Å². The molecule has 0 N–H and O–H groups in total. The smallest absolute Gasteiger partial charge is 0.376 e. The van der Waals surface area contributed by atoms with Gasteiger partial charge in [0.2, 0.25) is 0 Å². The Hall–Kier alpha value is -1.55. The summed E-state index contributed by atoms with van der Waals surface area (Å²) >= 11 is 0. The van der Waals surface area contributed by atoms with Gasteiger partial charge in [0.15, 0.2) is 0 Å². The maximum atomic E-state index is 11.8. The van der Waals surface area contributed by atoms with E-state index in [1.807, 2.05) is 27.7 Å². The summed E-state index contributed by atoms with van der Waals surface area (Å²) in [6, 6.07) is 6.93. The van der Waals surface area contributed by atoms with Crippen LogP contribution in [-0.2, 0) is 9.78 Å². The van der Waals surface area contributed by atoms with Crippen LogP contribution in [0.3, 0.4) is 0 Å². The van der Waals surface area contributed by atoms with Gasteiger partial charge in [-0.3, -0.25) is 4.89 Å². The predicted octanol–water partition coefficient (Wildman–Crippen LogP) is 3.22. The molecule has 0 aliphatic heterocycles. The van der Waals surface area contributed by atoms with Crippen molar-refractivity contribution in [3.05, 3.63) is 29.8 Å². The standard InChI is InChI=1S/C14H20O4/c1-5-16-12-9-7-6-8-11(12)13(15)18-17-10-14(2,3)4/h6-9H,5,10H2,1-4H3. The van der Waals surface area contributed by atoms with Crippen LogP contribution in [0, 0.1) is 5.41 Å². The number of para-hydroxylation sites is 1. The van der Waals surface area contributed by atoms with E-state index in [2.05, 4.69) is 0 Å². The number of hydrogen-bond donors (Lipinski definition) is 0. The number of hydrogen-bond acceptors (Lipinski definition) is 4. The molecule has 0 fully saturated rings. The van der Waals surface area contributed by atoms with Crippen molar-refractivity contribution in [3.8, 4) is 5.75 Å². The summed E-state index contributed by atoms with van der Waals surface area (Å²) in [5.74, 6) is -0.0346. The summed E-state index contributed by atoms with van der Waals surface area (Å²) < 4.78 is 5.35. The molecule has 0 aromatic heterocycles. The number of carbonyl (C=O) groups is 1. The minimum absolute atomic E-state index is 0.0558. The average Bonchev–Trinajstić information content (AvgIpc) is 2.28. The van der Waals surface area contributed by atoms with Gasteiger partial charge in [-0.15, -0.1) is 0 Å². The lowest BCUT2D eigenvalue weighted by Crippen LogP contribution is -2.17. The molecule has 0 spiro atoms. The molecule has 4 heteroatoms. The van der Waals surface area contributed by atoms with E-state index < -0.39 is 5.97 Å². The van der Waals surface area contributed by atoms with E-state index in [4.69, 9.17) is 14.5 Å². The second-order valence-electron chi connectivity index (χ2n) is 5.12. The van der Waals surface area contributed by atoms with Crippen molar-refractivity contribution in [2.24, 2.45) is 5.41 Å². The molecule has 1 aromatic rings. The average molecular weight is 252 g/mol. The Balaban J connectivity index is 2.61. The van der Waals surface area contributed by atoms with Crippen LogP contribution in [-0.4, -0.2) is 19.2 Å². The maximum Gasteiger partial charge on any atom is 0.376 e. The first-order chi connectivity index (χ1) is 8.44. The third-order valence-corrected chi connectivity index (χ3v) is 2.03. The Kier molecular flexibility index (Phi) is 5.16. The van der Waals surface area contributed by atoms with E-state index in [1.165, 1.54) is 0 Å². The van der Waals surface area contributed by atoms with Gasteiger partial charge in [-0.05, 0) is 24.5 Å². The molecule has 0 unspecified atom stereocenters. The lowest BCUT2D eigenvalue weighted by Gasteiger charge is -2.16. The van der Waals surface area contributed by atoms with Gasteiger partial charge in [0, 0.05) is 0 Å². The molecular formula is C14H20O4. The lowest BCUT2D eigenvalue weighted by atomic mass is 9.99. The predicted molar refractivity (Wildman–Crippen MR) is 68.4 cm³/mol. The molecule has 4 nitrogen and oxygen atoms in total. The lowest BCUT2D eigenvalue weighted by molar-refractivity contribution is -0.255. The SMILES string of the molecule is CCOc1ccccc1C(=O)OOCC(C)(C)C. The van der Waals surface area contributed by atoms with E-state index in [9.17, 15) is 4.79 Å². The highest BCUT2D eigenvalue weighted by Gasteiger charge is 2.17. The molecule has 0 heterocycles. The topological polar surface area (TPSA) is 44.8 Å². The minimum atomic E-state index is -0.539. The molecule has 0 radical (unpaired) electrons. The van der Waals surface area contributed by atoms with Crippen molar-refractivity contribution < 1.29 is 19.3 Å². The Bertz CT molecular complexity index is 393. The second-order valence-corrected chi connectivity index (χ2v) is 5.12. The van der Waals surface area contributed by atoms with Gasteiger partial charge in [-0.1, -0.05) is 32.9 Å². The minimum Gasteiger partial charge on any atom is -0.493 e. The molecule has 1 rings (SSSR count). The molecule has 0 aliphatic carbocycles. The van der Waals surface area contributed by atoms with Crippen molar-refractivity contribution in [2.75, 3.05) is 13.2 Å². The van der Waals surface area contributed by atoms with Gasteiger partial charge in [-0.2, -0.15) is 4.89 Å². The van der Waals surface area contributed by atoms with Gasteiger partial charge in [0.1, 0.15) is 11.3 Å². The van der Waals surface area contributed by atoms with Crippen LogP contribution in [0.4, 0.5) is 0 Å². The van der Waals surface area contributed by atoms with E-state index in [0.29, 0.717) is 24.5 Å². The van der Waals surface area contributed by atoms with Crippen LogP contribution >= 0.6 is 0 Å². The zero-order valence-electron chi connectivity index (χ0n) is 11.4. The summed E-state index contributed by atoms with van der Waals surface area (Å²) in [4.78, 5) is 21.5. The van der Waals surface area contributed by atoms with Crippen molar-refractivity contribution in [1.82, 2.24) is 0 Å². The first kappa shape index (κ1) is 14.5. The maximum absolute atomic E-state index is 11.8. The van der Waals surface area contributed by atoms with Gasteiger partial charge >= 0.3 is 5.97 Å². The van der Waals surface area contributed by atoms with Crippen LogP contribution in [0.25, 0.3) is 0 Å². The van der Waals surface area contributed by atoms with E-state index in [0.717, 1.165) is 0 Å². The molecule has 0 amide bonds. The Morgan fingerprint density at radius 3 is 2.50 bits per heavy atom. The van der Waals surface area contributed by atoms with Gasteiger partial charge in [0.05, 0.1) is 13.2 Å². The number of rotatable bonds is 5. The van der Waals surface area contributed by atoms with Crippen LogP contribution in [0.1, 0.15) is 38.1 Å². The Labute approximate surface area is 108 Å². The van der Waals surface area contributed by atoms with Gasteiger partial charge < -0.3 is 4.74 Å². The largest absolute Gasteiger partial charge is 0.493 e. The summed E-state index contributed by atoms with van der Waals surface area (Å²) in [6.07, 6.45) is 0. The number of carbonyl (C=O) groups excluding carboxylic acids is 1. The van der Waals surface area contributed by atoms with E-state index in [1.54, 1.807) is 24.3 Å². The highest BCUT2D eigenvalue weighted by Crippen LogP contribution is 2.19. The van der Waals surface area contributed by atoms with Crippen LogP contribution in [0.5, 0.6) is 5.75 Å². The number of ether oxygens (including phenoxy) is 1. The molecule has 0 bridgehead atoms. The van der Waals surface area contributed by atoms with Crippen molar-refractivity contribution in [2.45, 2.75) is 27.7 Å². The molecule has 18 heavy (non-hydrogen) atoms. The van der Waals surface area contributed by atoms with Crippen molar-refractivity contribution >= 4 is 5.97 Å². The normalized spacial score (nSPS) is 11.1. The molecule has 0 saturated carbocycles. The van der Waals surface area contributed by atoms with Crippen LogP contribution in [0.15, 0.2) is 24.3 Å². The second kappa shape index (κ2) is 6.40. The summed E-state index contributed by atoms with van der Waals surface area (Å²) in [5.41, 5.74) is 0.313. The first-order valence-electron chi connectivity index (χ1n) is 5.99. The van der Waals surface area contributed by atoms with E-state index >= 15 is 0 Å². The van der Waals surface area contributed by atoms with Crippen molar-refractivity contribution in [3.63, 3.8) is 0 Å². The quantitative estimate of drug-likeness (QED) is 0.596. The van der Waals surface area contributed by atoms with Gasteiger partial charge in [-0.25, -0.2) is 4.79 Å². The summed E-state index contributed by atoms with van der Waals surface area (Å²) in [6.45, 7) is 8.68. The molecule has 0 atom stereocenters. The fourth-order valence-electron chi connectivity index (χ4n) is 1.22. The van der Waals surface area contributed by atoms with Crippen molar-refractivity contribution in [1.29, 1.82) is 0 Å². The molecular weight excluding hydrogens is 232 g/mol. The molecule has 100 valence electrons. The zero-order valence-corrected chi connectivity index (χ0v) is 11.4. The summed E-state index contributed by atoms with van der Waals surface area (Å²) in [7, 11) is 0. The molecule has 0 aliphatic rings. The highest BCUT2D eigenvalue weighted by atomic mass is 17.2. The fourth-order valence-corrected chi connectivity index (χ4v) is 1.22. The third-order valence-electron chi connectivity index (χ3n) is 2.03. The Morgan fingerprint density at radius 2 is 1.89 bits per heavy atom. The zero-order chi connectivity index (χ0) is 13.6. The molecule has 0 saturated heterocycles. The fraction of sp³-hybridized carbons (Fsp3) is 0.500. The van der Waals surface area contributed by atoms with Crippen LogP contribution in [0.2, 0.25) is 0 Å². The van der Waals surface area contributed by atoms with E-state index in [-0.39, 0.29) is 5.41 Å². The first-order valence-corrected chi connectivity index (χ1v) is 5.99. The Morgan fingerprint density at radius 1 is 1.22 bits per heavy atom. The monoisotopic (exact) mass is 252 g/mol. The van der Waals surface area contributed by atoms with Crippen LogP contribution < -0.4 is 4.74 Å².